The maximum atomic E-state index is 11.6. The Labute approximate surface area is 129 Å². The first-order chi connectivity index (χ1) is 10.5. The average molecular weight is 305 g/mol. The average Bonchev–Trinajstić information content (AvgIpc) is 2.73. The van der Waals surface area contributed by atoms with Gasteiger partial charge in [-0.05, 0) is 56.4 Å². The molecule has 2 aromatic rings. The number of benzene rings is 1. The van der Waals surface area contributed by atoms with Gasteiger partial charge in [-0.2, -0.15) is 0 Å². The van der Waals surface area contributed by atoms with Crippen LogP contribution in [0.5, 0.6) is 0 Å². The molecule has 5 heteroatoms. The van der Waals surface area contributed by atoms with E-state index < -0.39 is 5.97 Å². The van der Waals surface area contributed by atoms with Gasteiger partial charge in [0.2, 0.25) is 0 Å². The number of carboxylic acid groups (broad SMARTS) is 1. The minimum Gasteiger partial charge on any atom is -0.478 e. The quantitative estimate of drug-likeness (QED) is 0.733. The van der Waals surface area contributed by atoms with Crippen LogP contribution in [0, 0.1) is 13.8 Å². The zero-order chi connectivity index (χ0) is 16.3. The second kappa shape index (κ2) is 6.94. The number of hydrogen-bond acceptors (Lipinski definition) is 3. The van der Waals surface area contributed by atoms with Crippen molar-refractivity contribution in [1.29, 1.82) is 0 Å². The Morgan fingerprint density at radius 3 is 2.41 bits per heavy atom. The number of carbonyl (C=O) groups is 1. The molecule has 2 rings (SSSR count). The molecule has 0 fully saturated rings. The Morgan fingerprint density at radius 1 is 1.14 bits per heavy atom. The normalized spacial score (nSPS) is 11.3. The lowest BCUT2D eigenvalue weighted by Crippen LogP contribution is -2.07. The summed E-state index contributed by atoms with van der Waals surface area (Å²) in [4.78, 5) is 11.6. The summed E-state index contributed by atoms with van der Waals surface area (Å²) in [6.45, 7) is 4.63. The van der Waals surface area contributed by atoms with Crippen LogP contribution in [0.3, 0.4) is 0 Å². The van der Waals surface area contributed by atoms with Crippen LogP contribution < -0.4 is 0 Å². The number of aliphatic hydroxyl groups is 2. The summed E-state index contributed by atoms with van der Waals surface area (Å²) in [5.74, 6) is -0.940. The van der Waals surface area contributed by atoms with E-state index in [2.05, 4.69) is 0 Å². The summed E-state index contributed by atoms with van der Waals surface area (Å²) in [5.41, 5.74) is 4.04. The third-order valence-electron chi connectivity index (χ3n) is 4.05. The molecule has 120 valence electrons. The first-order valence-corrected chi connectivity index (χ1v) is 7.58. The summed E-state index contributed by atoms with van der Waals surface area (Å²) in [6, 6.07) is 3.70. The zero-order valence-electron chi connectivity index (χ0n) is 13.1. The van der Waals surface area contributed by atoms with Crippen molar-refractivity contribution in [2.75, 3.05) is 13.2 Å². The van der Waals surface area contributed by atoms with Gasteiger partial charge in [-0.3, -0.25) is 0 Å². The van der Waals surface area contributed by atoms with Crippen molar-refractivity contribution < 1.29 is 20.1 Å². The predicted molar refractivity (Wildman–Crippen MR) is 85.5 cm³/mol. The van der Waals surface area contributed by atoms with E-state index in [0.29, 0.717) is 31.4 Å². The van der Waals surface area contributed by atoms with E-state index in [0.717, 1.165) is 27.7 Å². The van der Waals surface area contributed by atoms with Crippen LogP contribution in [0.25, 0.3) is 10.9 Å². The molecule has 22 heavy (non-hydrogen) atoms. The van der Waals surface area contributed by atoms with E-state index >= 15 is 0 Å². The van der Waals surface area contributed by atoms with E-state index in [4.69, 9.17) is 10.2 Å². The SMILES string of the molecule is Cc1cc(C(=O)O)c2c(c1)c(CCCO)c(C)n2CCCO. The van der Waals surface area contributed by atoms with Crippen molar-refractivity contribution >= 4 is 16.9 Å². The van der Waals surface area contributed by atoms with Gasteiger partial charge in [-0.25, -0.2) is 4.79 Å². The number of fused-ring (bicyclic) bond motifs is 1. The van der Waals surface area contributed by atoms with Gasteiger partial charge in [0.05, 0.1) is 11.1 Å². The number of carboxylic acids is 1. The van der Waals surface area contributed by atoms with Crippen LogP contribution >= 0.6 is 0 Å². The molecule has 0 saturated carbocycles. The highest BCUT2D eigenvalue weighted by molar-refractivity contribution is 6.04. The molecule has 1 aromatic carbocycles. The minimum absolute atomic E-state index is 0.0688. The van der Waals surface area contributed by atoms with E-state index in [9.17, 15) is 9.90 Å². The molecule has 0 aliphatic rings. The summed E-state index contributed by atoms with van der Waals surface area (Å²) in [5, 5.41) is 28.7. The Balaban J connectivity index is 2.73. The second-order valence-corrected chi connectivity index (χ2v) is 5.63. The Morgan fingerprint density at radius 2 is 1.82 bits per heavy atom. The highest BCUT2D eigenvalue weighted by atomic mass is 16.4. The first kappa shape index (κ1) is 16.5. The molecule has 0 radical (unpaired) electrons. The van der Waals surface area contributed by atoms with Crippen molar-refractivity contribution in [3.05, 3.63) is 34.5 Å². The van der Waals surface area contributed by atoms with Crippen molar-refractivity contribution in [1.82, 2.24) is 4.57 Å². The highest BCUT2D eigenvalue weighted by Gasteiger charge is 2.20. The lowest BCUT2D eigenvalue weighted by molar-refractivity contribution is 0.0698. The lowest BCUT2D eigenvalue weighted by atomic mass is 10.0. The lowest BCUT2D eigenvalue weighted by Gasteiger charge is -2.10. The summed E-state index contributed by atoms with van der Waals surface area (Å²) in [7, 11) is 0. The highest BCUT2D eigenvalue weighted by Crippen LogP contribution is 2.31. The molecule has 0 unspecified atom stereocenters. The van der Waals surface area contributed by atoms with Crippen LogP contribution in [0.4, 0.5) is 0 Å². The van der Waals surface area contributed by atoms with Crippen LogP contribution in [0.15, 0.2) is 12.1 Å². The number of hydrogen-bond donors (Lipinski definition) is 3. The number of aryl methyl sites for hydroxylation is 3. The molecule has 1 heterocycles. The molecule has 3 N–H and O–H groups in total. The zero-order valence-corrected chi connectivity index (χ0v) is 13.1. The van der Waals surface area contributed by atoms with Crippen molar-refractivity contribution in [3.63, 3.8) is 0 Å². The van der Waals surface area contributed by atoms with Gasteiger partial charge in [0.25, 0.3) is 0 Å². The fourth-order valence-electron chi connectivity index (χ4n) is 3.07. The largest absolute Gasteiger partial charge is 0.478 e. The molecule has 0 saturated heterocycles. The van der Waals surface area contributed by atoms with Crippen LogP contribution in [0.2, 0.25) is 0 Å². The van der Waals surface area contributed by atoms with E-state index in [1.807, 2.05) is 24.5 Å². The molecular formula is C17H23NO4. The maximum Gasteiger partial charge on any atom is 0.337 e. The Bertz CT molecular complexity index is 688. The molecular weight excluding hydrogens is 282 g/mol. The molecule has 0 aliphatic carbocycles. The van der Waals surface area contributed by atoms with Gasteiger partial charge in [-0.1, -0.05) is 0 Å². The molecule has 0 bridgehead atoms. The van der Waals surface area contributed by atoms with Crippen molar-refractivity contribution in [3.8, 4) is 0 Å². The summed E-state index contributed by atoms with van der Waals surface area (Å²) in [6.07, 6.45) is 1.95. The fourth-order valence-corrected chi connectivity index (χ4v) is 3.07. The minimum atomic E-state index is -0.940. The standard InChI is InChI=1S/C17H23NO4/c1-11-9-14-13(5-3-7-19)12(2)18(6-4-8-20)16(14)15(10-11)17(21)22/h9-10,19-20H,3-8H2,1-2H3,(H,21,22). The van der Waals surface area contributed by atoms with Gasteiger partial charge >= 0.3 is 5.97 Å². The molecule has 0 amide bonds. The van der Waals surface area contributed by atoms with Gasteiger partial charge in [0, 0.05) is 30.8 Å². The fraction of sp³-hybridized carbons (Fsp3) is 0.471. The maximum absolute atomic E-state index is 11.6. The second-order valence-electron chi connectivity index (χ2n) is 5.63. The van der Waals surface area contributed by atoms with Gasteiger partial charge < -0.3 is 19.9 Å². The number of aromatic nitrogens is 1. The van der Waals surface area contributed by atoms with Gasteiger partial charge in [0.1, 0.15) is 0 Å². The number of aliphatic hydroxyl groups excluding tert-OH is 2. The van der Waals surface area contributed by atoms with E-state index in [-0.39, 0.29) is 13.2 Å². The first-order valence-electron chi connectivity index (χ1n) is 7.58. The number of nitrogens with zero attached hydrogens (tertiary/aromatic N) is 1. The molecule has 0 spiro atoms. The molecule has 5 nitrogen and oxygen atoms in total. The monoisotopic (exact) mass is 305 g/mol. The molecule has 0 aliphatic heterocycles. The van der Waals surface area contributed by atoms with Crippen LogP contribution in [-0.4, -0.2) is 39.1 Å². The van der Waals surface area contributed by atoms with E-state index in [1.165, 1.54) is 0 Å². The topological polar surface area (TPSA) is 82.7 Å². The van der Waals surface area contributed by atoms with Crippen LogP contribution in [0.1, 0.15) is 40.0 Å². The predicted octanol–water partition coefficient (Wildman–Crippen LogP) is 2.26. The van der Waals surface area contributed by atoms with Gasteiger partial charge in [-0.15, -0.1) is 0 Å². The summed E-state index contributed by atoms with van der Waals surface area (Å²) < 4.78 is 1.99. The Kier molecular flexibility index (Phi) is 5.21. The summed E-state index contributed by atoms with van der Waals surface area (Å²) >= 11 is 0. The van der Waals surface area contributed by atoms with Crippen LogP contribution in [-0.2, 0) is 13.0 Å². The van der Waals surface area contributed by atoms with Crippen molar-refractivity contribution in [2.45, 2.75) is 39.7 Å². The van der Waals surface area contributed by atoms with E-state index in [1.54, 1.807) is 6.07 Å². The third kappa shape index (κ3) is 3.00. The third-order valence-corrected chi connectivity index (χ3v) is 4.05. The smallest absolute Gasteiger partial charge is 0.337 e. The van der Waals surface area contributed by atoms with Gasteiger partial charge in [0.15, 0.2) is 0 Å². The number of rotatable bonds is 7. The van der Waals surface area contributed by atoms with Crippen molar-refractivity contribution in [2.24, 2.45) is 0 Å². The Hall–Kier alpha value is -1.85. The number of aromatic carboxylic acids is 1. The molecule has 1 aromatic heterocycles. The molecule has 0 atom stereocenters.